The predicted octanol–water partition coefficient (Wildman–Crippen LogP) is 3.47. The number of benzene rings is 2. The molecule has 1 N–H and O–H groups in total. The number of fused-ring (bicyclic) bond motifs is 1. The Morgan fingerprint density at radius 1 is 1.14 bits per heavy atom. The van der Waals surface area contributed by atoms with Crippen LogP contribution in [0.1, 0.15) is 46.3 Å². The molecule has 36 heavy (non-hydrogen) atoms. The molecule has 5 rings (SSSR count). The number of ether oxygens (including phenoxy) is 2. The highest BCUT2D eigenvalue weighted by atomic mass is 19.1. The molecule has 2 aliphatic heterocycles. The van der Waals surface area contributed by atoms with Gasteiger partial charge in [-0.25, -0.2) is 9.37 Å². The Labute approximate surface area is 209 Å². The number of halogens is 1. The molecule has 8 nitrogen and oxygen atoms in total. The average Bonchev–Trinajstić information content (AvgIpc) is 3.35. The number of nitrogens with zero attached hydrogens (tertiary/aromatic N) is 3. The summed E-state index contributed by atoms with van der Waals surface area (Å²) in [4.78, 5) is 32.0. The van der Waals surface area contributed by atoms with Crippen molar-refractivity contribution in [3.05, 3.63) is 83.2 Å². The summed E-state index contributed by atoms with van der Waals surface area (Å²) in [6.45, 7) is 1.97. The summed E-state index contributed by atoms with van der Waals surface area (Å²) >= 11 is 0. The summed E-state index contributed by atoms with van der Waals surface area (Å²) in [5.41, 5.74) is 2.68. The second-order valence-electron chi connectivity index (χ2n) is 9.14. The van der Waals surface area contributed by atoms with E-state index in [9.17, 15) is 14.0 Å². The minimum absolute atomic E-state index is 0.109. The molecule has 0 spiro atoms. The summed E-state index contributed by atoms with van der Waals surface area (Å²) in [7, 11) is 1.63. The topological polar surface area (TPSA) is 85.7 Å². The highest BCUT2D eigenvalue weighted by Gasteiger charge is 2.32. The van der Waals surface area contributed by atoms with Gasteiger partial charge >= 0.3 is 0 Å². The molecule has 1 aromatic heterocycles. The highest BCUT2D eigenvalue weighted by molar-refractivity contribution is 5.93. The van der Waals surface area contributed by atoms with Crippen LogP contribution in [0.15, 0.2) is 54.9 Å². The number of imidazole rings is 1. The lowest BCUT2D eigenvalue weighted by Crippen LogP contribution is -2.43. The number of nitrogens with one attached hydrogen (secondary N) is 1. The molecule has 0 saturated carbocycles. The van der Waals surface area contributed by atoms with Gasteiger partial charge in [0.25, 0.3) is 5.91 Å². The van der Waals surface area contributed by atoms with Crippen LogP contribution in [-0.4, -0.2) is 46.5 Å². The van der Waals surface area contributed by atoms with E-state index in [1.165, 1.54) is 6.07 Å². The van der Waals surface area contributed by atoms with Crippen LogP contribution in [0.4, 0.5) is 4.39 Å². The number of likely N-dealkylation sites (tertiary alicyclic amines) is 1. The van der Waals surface area contributed by atoms with Gasteiger partial charge < -0.3 is 24.3 Å². The maximum Gasteiger partial charge on any atom is 0.274 e. The van der Waals surface area contributed by atoms with Gasteiger partial charge in [0.2, 0.25) is 5.91 Å². The van der Waals surface area contributed by atoms with Crippen molar-refractivity contribution in [2.45, 2.75) is 38.6 Å². The smallest absolute Gasteiger partial charge is 0.274 e. The van der Waals surface area contributed by atoms with Gasteiger partial charge in [0.15, 0.2) is 5.69 Å². The van der Waals surface area contributed by atoms with E-state index < -0.39 is 0 Å². The minimum atomic E-state index is -0.332. The number of carbonyl (C=O) groups is 2. The van der Waals surface area contributed by atoms with Crippen LogP contribution >= 0.6 is 0 Å². The molecule has 9 heteroatoms. The standard InChI is InChI=1S/C27H29FN4O4/c1-35-21-8-6-18(7-9-21)24-15-32-17-30-25(23(32)16-36-24)27(34)31-12-10-19(11-13-31)26(33)29-14-20-4-2-3-5-22(20)28/h2-9,17,19,24H,10-16H2,1H3,(H,29,33)/t24-/m0/s1. The Hall–Kier alpha value is -3.72. The Kier molecular flexibility index (Phi) is 6.99. The molecule has 1 fully saturated rings. The van der Waals surface area contributed by atoms with Crippen LogP contribution in [-0.2, 0) is 29.2 Å². The van der Waals surface area contributed by atoms with Gasteiger partial charge in [0.1, 0.15) is 17.7 Å². The minimum Gasteiger partial charge on any atom is -0.497 e. The largest absolute Gasteiger partial charge is 0.497 e. The number of hydrogen-bond acceptors (Lipinski definition) is 5. The Morgan fingerprint density at radius 3 is 2.61 bits per heavy atom. The van der Waals surface area contributed by atoms with Crippen molar-refractivity contribution in [2.24, 2.45) is 5.92 Å². The molecule has 0 aliphatic carbocycles. The number of amides is 2. The monoisotopic (exact) mass is 492 g/mol. The van der Waals surface area contributed by atoms with E-state index in [1.54, 1.807) is 36.5 Å². The van der Waals surface area contributed by atoms with E-state index in [0.29, 0.717) is 50.3 Å². The van der Waals surface area contributed by atoms with E-state index in [4.69, 9.17) is 9.47 Å². The molecule has 1 atom stereocenters. The van der Waals surface area contributed by atoms with Gasteiger partial charge in [-0.1, -0.05) is 30.3 Å². The Bertz CT molecular complexity index is 1230. The Morgan fingerprint density at radius 2 is 1.89 bits per heavy atom. The molecule has 2 aliphatic rings. The third kappa shape index (κ3) is 4.97. The van der Waals surface area contributed by atoms with Crippen LogP contribution in [0, 0.1) is 11.7 Å². The fourth-order valence-electron chi connectivity index (χ4n) is 4.79. The maximum atomic E-state index is 13.8. The van der Waals surface area contributed by atoms with Gasteiger partial charge in [0.05, 0.1) is 32.3 Å². The van der Waals surface area contributed by atoms with Crippen molar-refractivity contribution in [2.75, 3.05) is 20.2 Å². The van der Waals surface area contributed by atoms with Crippen LogP contribution in [0.5, 0.6) is 5.75 Å². The molecule has 1 saturated heterocycles. The first-order chi connectivity index (χ1) is 17.5. The van der Waals surface area contributed by atoms with E-state index in [0.717, 1.165) is 17.0 Å². The van der Waals surface area contributed by atoms with Gasteiger partial charge in [0, 0.05) is 31.1 Å². The third-order valence-corrected chi connectivity index (χ3v) is 6.98. The average molecular weight is 493 g/mol. The first-order valence-electron chi connectivity index (χ1n) is 12.1. The zero-order valence-corrected chi connectivity index (χ0v) is 20.2. The molecule has 3 aromatic rings. The number of methoxy groups -OCH3 is 1. The fraction of sp³-hybridized carbons (Fsp3) is 0.370. The van der Waals surface area contributed by atoms with Gasteiger partial charge in [-0.05, 0) is 36.6 Å². The van der Waals surface area contributed by atoms with Crippen molar-refractivity contribution in [3.63, 3.8) is 0 Å². The molecule has 2 amide bonds. The van der Waals surface area contributed by atoms with Crippen molar-refractivity contribution in [1.29, 1.82) is 0 Å². The fourth-order valence-corrected chi connectivity index (χ4v) is 4.79. The quantitative estimate of drug-likeness (QED) is 0.570. The predicted molar refractivity (Wildman–Crippen MR) is 130 cm³/mol. The molecular formula is C27H29FN4O4. The van der Waals surface area contributed by atoms with Gasteiger partial charge in [-0.2, -0.15) is 0 Å². The van der Waals surface area contributed by atoms with Crippen LogP contribution in [0.2, 0.25) is 0 Å². The number of piperidine rings is 1. The zero-order valence-electron chi connectivity index (χ0n) is 20.2. The summed E-state index contributed by atoms with van der Waals surface area (Å²) in [6, 6.07) is 14.2. The lowest BCUT2D eigenvalue weighted by molar-refractivity contribution is -0.126. The number of rotatable bonds is 6. The van der Waals surface area contributed by atoms with E-state index >= 15 is 0 Å². The van der Waals surface area contributed by atoms with Crippen LogP contribution < -0.4 is 10.1 Å². The summed E-state index contributed by atoms with van der Waals surface area (Å²) in [5, 5.41) is 2.82. The number of hydrogen-bond donors (Lipinski definition) is 1. The van der Waals surface area contributed by atoms with Gasteiger partial charge in [-0.3, -0.25) is 9.59 Å². The van der Waals surface area contributed by atoms with Gasteiger partial charge in [-0.15, -0.1) is 0 Å². The summed E-state index contributed by atoms with van der Waals surface area (Å²) < 4.78 is 27.1. The van der Waals surface area contributed by atoms with E-state index in [1.807, 2.05) is 28.8 Å². The van der Waals surface area contributed by atoms with Crippen molar-refractivity contribution in [3.8, 4) is 5.75 Å². The molecule has 0 unspecified atom stereocenters. The molecular weight excluding hydrogens is 463 g/mol. The molecule has 0 bridgehead atoms. The molecule has 3 heterocycles. The maximum absolute atomic E-state index is 13.8. The molecule has 0 radical (unpaired) electrons. The molecule has 188 valence electrons. The van der Waals surface area contributed by atoms with E-state index in [-0.39, 0.29) is 36.2 Å². The lowest BCUT2D eigenvalue weighted by Gasteiger charge is -2.31. The zero-order chi connectivity index (χ0) is 25.1. The van der Waals surface area contributed by atoms with Crippen LogP contribution in [0.3, 0.4) is 0 Å². The van der Waals surface area contributed by atoms with E-state index in [2.05, 4.69) is 10.3 Å². The highest BCUT2D eigenvalue weighted by Crippen LogP contribution is 2.30. The number of carbonyl (C=O) groups excluding carboxylic acids is 2. The second kappa shape index (κ2) is 10.5. The molecule has 2 aromatic carbocycles. The number of aromatic nitrogens is 2. The summed E-state index contributed by atoms with van der Waals surface area (Å²) in [6.07, 6.45) is 2.69. The summed E-state index contributed by atoms with van der Waals surface area (Å²) in [5.74, 6) is 0.00602. The van der Waals surface area contributed by atoms with Crippen molar-refractivity contribution < 1.29 is 23.5 Å². The Balaban J connectivity index is 1.15. The second-order valence-corrected chi connectivity index (χ2v) is 9.14. The van der Waals surface area contributed by atoms with Crippen molar-refractivity contribution in [1.82, 2.24) is 19.8 Å². The van der Waals surface area contributed by atoms with Crippen molar-refractivity contribution >= 4 is 11.8 Å². The lowest BCUT2D eigenvalue weighted by atomic mass is 9.95. The third-order valence-electron chi connectivity index (χ3n) is 6.98. The SMILES string of the molecule is COc1ccc([C@@H]2Cn3cnc(C(=O)N4CCC(C(=O)NCc5ccccc5F)CC4)c3CO2)cc1. The van der Waals surface area contributed by atoms with Crippen LogP contribution in [0.25, 0.3) is 0 Å². The normalized spacial score (nSPS) is 17.9. The first-order valence-corrected chi connectivity index (χ1v) is 12.1. The first kappa shape index (κ1) is 24.0.